The first-order valence-corrected chi connectivity index (χ1v) is 9.01. The van der Waals surface area contributed by atoms with Gasteiger partial charge in [-0.05, 0) is 28.1 Å². The molecule has 0 bridgehead atoms. The van der Waals surface area contributed by atoms with Crippen LogP contribution in [0.2, 0.25) is 0 Å². The van der Waals surface area contributed by atoms with Crippen molar-refractivity contribution in [2.24, 2.45) is 7.05 Å². The number of fused-ring (bicyclic) bond motifs is 2. The summed E-state index contributed by atoms with van der Waals surface area (Å²) in [6.45, 7) is 0.571. The van der Waals surface area contributed by atoms with Crippen LogP contribution in [-0.2, 0) is 30.2 Å². The fourth-order valence-corrected chi connectivity index (χ4v) is 5.21. The van der Waals surface area contributed by atoms with Gasteiger partial charge in [-0.1, -0.05) is 0 Å². The van der Waals surface area contributed by atoms with Crippen LogP contribution in [0.3, 0.4) is 0 Å². The van der Waals surface area contributed by atoms with E-state index < -0.39 is 10.0 Å². The number of rotatable bonds is 2. The third-order valence-electron chi connectivity index (χ3n) is 4.01. The average molecular weight is 398 g/mol. The Morgan fingerprint density at radius 2 is 1.91 bits per heavy atom. The number of imidazole rings is 1. The molecular weight excluding hydrogens is 386 g/mol. The smallest absolute Gasteiger partial charge is 0.306 e. The van der Waals surface area contributed by atoms with Crippen molar-refractivity contribution in [1.82, 2.24) is 24.1 Å². The lowest BCUT2D eigenvalue weighted by molar-refractivity contribution is 0.421. The largest absolute Gasteiger partial charge is 0.323 e. The van der Waals surface area contributed by atoms with Crippen LogP contribution < -0.4 is 5.69 Å². The lowest BCUT2D eigenvalue weighted by atomic mass is 10.3. The molecule has 2 N–H and O–H groups in total. The van der Waals surface area contributed by atoms with E-state index in [9.17, 15) is 13.2 Å². The van der Waals surface area contributed by atoms with Crippen LogP contribution in [0.25, 0.3) is 11.0 Å². The van der Waals surface area contributed by atoms with Gasteiger partial charge in [0.1, 0.15) is 0 Å². The molecule has 1 aliphatic rings. The van der Waals surface area contributed by atoms with Crippen LogP contribution in [0.1, 0.15) is 11.3 Å². The highest BCUT2D eigenvalue weighted by molar-refractivity contribution is 9.10. The number of aromatic nitrogens is 4. The molecule has 0 atom stereocenters. The van der Waals surface area contributed by atoms with Crippen LogP contribution in [0.15, 0.2) is 32.5 Å². The van der Waals surface area contributed by atoms with Gasteiger partial charge in [0.25, 0.3) is 0 Å². The first-order valence-electron chi connectivity index (χ1n) is 6.78. The lowest BCUT2D eigenvalue weighted by Crippen LogP contribution is -2.26. The number of halogens is 1. The van der Waals surface area contributed by atoms with E-state index in [1.165, 1.54) is 10.4 Å². The summed E-state index contributed by atoms with van der Waals surface area (Å²) in [7, 11) is -1.90. The van der Waals surface area contributed by atoms with E-state index in [2.05, 4.69) is 31.0 Å². The standard InChI is InChI=1S/C13H12BrN5O3S/c1-18-11-6-19(5-7(11)4-15-18)23(21,22)12-3-10-9(2-8(12)14)16-13(20)17-10/h2-4H,5-6H2,1H3,(H2,16,17,20). The highest BCUT2D eigenvalue weighted by Gasteiger charge is 2.34. The monoisotopic (exact) mass is 397 g/mol. The molecule has 0 spiro atoms. The number of hydrogen-bond donors (Lipinski definition) is 2. The molecule has 3 heterocycles. The Morgan fingerprint density at radius 3 is 2.61 bits per heavy atom. The topological polar surface area (TPSA) is 104 Å². The summed E-state index contributed by atoms with van der Waals surface area (Å²) < 4.78 is 29.4. The molecule has 0 aliphatic carbocycles. The van der Waals surface area contributed by atoms with E-state index in [0.717, 1.165) is 11.3 Å². The minimum absolute atomic E-state index is 0.126. The molecular formula is C13H12BrN5O3S. The van der Waals surface area contributed by atoms with Gasteiger partial charge in [0.15, 0.2) is 0 Å². The molecule has 120 valence electrons. The fraction of sp³-hybridized carbons (Fsp3) is 0.231. The van der Waals surface area contributed by atoms with E-state index in [1.54, 1.807) is 24.0 Å². The van der Waals surface area contributed by atoms with Crippen LogP contribution in [-0.4, -0.2) is 32.5 Å². The molecule has 10 heteroatoms. The van der Waals surface area contributed by atoms with Gasteiger partial charge in [-0.15, -0.1) is 0 Å². The predicted molar refractivity (Wildman–Crippen MR) is 86.3 cm³/mol. The molecule has 0 saturated heterocycles. The van der Waals surface area contributed by atoms with E-state index >= 15 is 0 Å². The Labute approximate surface area is 139 Å². The Hall–Kier alpha value is -1.91. The summed E-state index contributed by atoms with van der Waals surface area (Å²) in [5.74, 6) is 0. The summed E-state index contributed by atoms with van der Waals surface area (Å²) in [6, 6.07) is 3.05. The highest BCUT2D eigenvalue weighted by Crippen LogP contribution is 2.33. The van der Waals surface area contributed by atoms with Crippen LogP contribution in [0, 0.1) is 0 Å². The summed E-state index contributed by atoms with van der Waals surface area (Å²) in [5.41, 5.74) is 2.43. The van der Waals surface area contributed by atoms with Crippen molar-refractivity contribution in [3.8, 4) is 0 Å². The van der Waals surface area contributed by atoms with E-state index in [4.69, 9.17) is 0 Å². The number of hydrogen-bond acceptors (Lipinski definition) is 4. The quantitative estimate of drug-likeness (QED) is 0.674. The van der Waals surface area contributed by atoms with Crippen molar-refractivity contribution in [3.05, 3.63) is 44.5 Å². The zero-order valence-electron chi connectivity index (χ0n) is 12.0. The normalized spacial score (nSPS) is 15.4. The second-order valence-electron chi connectivity index (χ2n) is 5.42. The fourth-order valence-electron chi connectivity index (χ4n) is 2.80. The Bertz CT molecular complexity index is 1090. The third kappa shape index (κ3) is 2.17. The average Bonchev–Trinajstić information content (AvgIpc) is 3.13. The second-order valence-corrected chi connectivity index (χ2v) is 8.18. The van der Waals surface area contributed by atoms with Gasteiger partial charge < -0.3 is 9.97 Å². The van der Waals surface area contributed by atoms with Gasteiger partial charge in [-0.2, -0.15) is 9.40 Å². The number of nitrogens with zero attached hydrogens (tertiary/aromatic N) is 3. The number of H-pyrrole nitrogens is 2. The molecule has 1 aliphatic heterocycles. The van der Waals surface area contributed by atoms with Gasteiger partial charge in [-0.3, -0.25) is 4.68 Å². The van der Waals surface area contributed by atoms with Gasteiger partial charge >= 0.3 is 5.69 Å². The Kier molecular flexibility index (Phi) is 3.06. The van der Waals surface area contributed by atoms with Crippen molar-refractivity contribution in [1.29, 1.82) is 0 Å². The summed E-state index contributed by atoms with van der Waals surface area (Å²) in [6.07, 6.45) is 1.69. The summed E-state index contributed by atoms with van der Waals surface area (Å²) >= 11 is 3.29. The Balaban J connectivity index is 1.80. The first-order chi connectivity index (χ1) is 10.9. The SMILES string of the molecule is Cn1ncc2c1CN(S(=O)(=O)c1cc3[nH]c(=O)[nH]c3cc1Br)C2. The number of sulfonamides is 1. The maximum Gasteiger partial charge on any atom is 0.323 e. The number of aryl methyl sites for hydroxylation is 1. The maximum atomic E-state index is 12.9. The molecule has 0 unspecified atom stereocenters. The van der Waals surface area contributed by atoms with Crippen LogP contribution in [0.5, 0.6) is 0 Å². The molecule has 2 aromatic heterocycles. The number of nitrogens with one attached hydrogen (secondary N) is 2. The van der Waals surface area contributed by atoms with Crippen molar-refractivity contribution >= 4 is 37.0 Å². The van der Waals surface area contributed by atoms with E-state index in [-0.39, 0.29) is 17.1 Å². The molecule has 8 nitrogen and oxygen atoms in total. The number of benzene rings is 1. The highest BCUT2D eigenvalue weighted by atomic mass is 79.9. The van der Waals surface area contributed by atoms with Gasteiger partial charge in [0, 0.05) is 23.6 Å². The molecule has 23 heavy (non-hydrogen) atoms. The summed E-state index contributed by atoms with van der Waals surface area (Å²) in [5, 5.41) is 4.13. The molecule has 0 saturated carbocycles. The maximum absolute atomic E-state index is 12.9. The van der Waals surface area contributed by atoms with Crippen molar-refractivity contribution < 1.29 is 8.42 Å². The molecule has 4 rings (SSSR count). The number of aromatic amines is 2. The van der Waals surface area contributed by atoms with Gasteiger partial charge in [0.2, 0.25) is 10.0 Å². The van der Waals surface area contributed by atoms with Crippen molar-refractivity contribution in [2.45, 2.75) is 18.0 Å². The minimum Gasteiger partial charge on any atom is -0.306 e. The van der Waals surface area contributed by atoms with Gasteiger partial charge in [0.05, 0.1) is 34.4 Å². The molecule has 3 aromatic rings. The first kappa shape index (κ1) is 14.7. The Morgan fingerprint density at radius 1 is 1.22 bits per heavy atom. The molecule has 0 amide bonds. The van der Waals surface area contributed by atoms with Crippen molar-refractivity contribution in [3.63, 3.8) is 0 Å². The third-order valence-corrected chi connectivity index (χ3v) is 6.76. The zero-order chi connectivity index (χ0) is 16.4. The van der Waals surface area contributed by atoms with E-state index in [1.807, 2.05) is 0 Å². The second kappa shape index (κ2) is 4.79. The zero-order valence-corrected chi connectivity index (χ0v) is 14.4. The molecule has 0 radical (unpaired) electrons. The predicted octanol–water partition coefficient (Wildman–Crippen LogP) is 1.06. The molecule has 1 aromatic carbocycles. The van der Waals surface area contributed by atoms with Gasteiger partial charge in [-0.25, -0.2) is 13.2 Å². The molecule has 0 fully saturated rings. The van der Waals surface area contributed by atoms with E-state index in [0.29, 0.717) is 22.1 Å². The van der Waals surface area contributed by atoms with Crippen LogP contribution in [0.4, 0.5) is 0 Å². The minimum atomic E-state index is -3.70. The lowest BCUT2D eigenvalue weighted by Gasteiger charge is -2.17. The summed E-state index contributed by atoms with van der Waals surface area (Å²) in [4.78, 5) is 16.7. The van der Waals surface area contributed by atoms with Crippen molar-refractivity contribution in [2.75, 3.05) is 0 Å². The van der Waals surface area contributed by atoms with Crippen LogP contribution >= 0.6 is 15.9 Å².